The highest BCUT2D eigenvalue weighted by Crippen LogP contribution is 2.24. The summed E-state index contributed by atoms with van der Waals surface area (Å²) >= 11 is 0. The van der Waals surface area contributed by atoms with E-state index in [1.807, 2.05) is 36.4 Å². The fourth-order valence-corrected chi connectivity index (χ4v) is 4.17. The van der Waals surface area contributed by atoms with E-state index < -0.39 is 10.0 Å². The molecule has 0 radical (unpaired) electrons. The van der Waals surface area contributed by atoms with Crippen LogP contribution in [0.2, 0.25) is 0 Å². The summed E-state index contributed by atoms with van der Waals surface area (Å²) in [4.78, 5) is 4.52. The van der Waals surface area contributed by atoms with Gasteiger partial charge in [-0.05, 0) is 48.9 Å². The highest BCUT2D eigenvalue weighted by atomic mass is 32.2. The lowest BCUT2D eigenvalue weighted by Gasteiger charge is -2.16. The fourth-order valence-electron chi connectivity index (χ4n) is 3.15. The molecule has 1 aliphatic carbocycles. The number of aromatic nitrogens is 2. The third-order valence-corrected chi connectivity index (χ3v) is 5.94. The monoisotopic (exact) mass is 369 g/mol. The molecule has 4 rings (SSSR count). The van der Waals surface area contributed by atoms with Gasteiger partial charge in [0.2, 0.25) is 21.7 Å². The van der Waals surface area contributed by atoms with Crippen molar-refractivity contribution in [2.45, 2.75) is 37.1 Å². The minimum absolute atomic E-state index is 0.0424. The molecule has 0 fully saturated rings. The Kier molecular flexibility index (Phi) is 4.57. The van der Waals surface area contributed by atoms with Crippen molar-refractivity contribution in [3.8, 4) is 11.4 Å². The molecule has 1 aromatic heterocycles. The molecule has 0 atom stereocenters. The van der Waals surface area contributed by atoms with E-state index in [4.69, 9.17) is 4.52 Å². The van der Waals surface area contributed by atoms with Crippen LogP contribution >= 0.6 is 0 Å². The number of hydrogen-bond acceptors (Lipinski definition) is 5. The maximum Gasteiger partial charge on any atom is 0.242 e. The summed E-state index contributed by atoms with van der Waals surface area (Å²) in [6.07, 6.45) is 4.22. The number of fused-ring (bicyclic) bond motifs is 1. The van der Waals surface area contributed by atoms with Crippen LogP contribution in [0.5, 0.6) is 0 Å². The molecule has 0 amide bonds. The summed E-state index contributed by atoms with van der Waals surface area (Å²) in [5.74, 6) is 0.666. The van der Waals surface area contributed by atoms with Gasteiger partial charge in [-0.2, -0.15) is 4.98 Å². The van der Waals surface area contributed by atoms with Gasteiger partial charge in [-0.15, -0.1) is 0 Å². The maximum absolute atomic E-state index is 12.6. The van der Waals surface area contributed by atoms with Gasteiger partial charge in [-0.1, -0.05) is 41.6 Å². The van der Waals surface area contributed by atoms with Crippen molar-refractivity contribution in [1.82, 2.24) is 14.9 Å². The minimum atomic E-state index is -3.63. The highest BCUT2D eigenvalue weighted by Gasteiger charge is 2.19. The molecule has 0 saturated heterocycles. The third-order valence-electron chi connectivity index (χ3n) is 4.54. The number of nitrogens with zero attached hydrogens (tertiary/aromatic N) is 2. The molecule has 134 valence electrons. The van der Waals surface area contributed by atoms with Crippen LogP contribution in [0.25, 0.3) is 11.4 Å². The Morgan fingerprint density at radius 3 is 2.58 bits per heavy atom. The van der Waals surface area contributed by atoms with Crippen LogP contribution in [0.3, 0.4) is 0 Å². The Hall–Kier alpha value is -2.51. The largest absolute Gasteiger partial charge is 0.338 e. The topological polar surface area (TPSA) is 85.1 Å². The van der Waals surface area contributed by atoms with Crippen molar-refractivity contribution in [2.75, 3.05) is 0 Å². The Labute approximate surface area is 152 Å². The molecule has 7 heteroatoms. The maximum atomic E-state index is 12.6. The summed E-state index contributed by atoms with van der Waals surface area (Å²) in [7, 11) is -3.63. The molecule has 3 aromatic rings. The molecule has 26 heavy (non-hydrogen) atoms. The van der Waals surface area contributed by atoms with Gasteiger partial charge in [-0.3, -0.25) is 0 Å². The lowest BCUT2D eigenvalue weighted by molar-refractivity contribution is 0.376. The smallest absolute Gasteiger partial charge is 0.242 e. The average molecular weight is 369 g/mol. The fraction of sp³-hybridized carbons (Fsp3) is 0.263. The molecule has 0 bridgehead atoms. The first-order valence-corrected chi connectivity index (χ1v) is 10.1. The second kappa shape index (κ2) is 7.01. The predicted octanol–water partition coefficient (Wildman–Crippen LogP) is 3.09. The SMILES string of the molecule is O=S(=O)(NCc1nc(-c2ccccc2)no1)c1ccc2c(c1)CCCC2. The van der Waals surface area contributed by atoms with Gasteiger partial charge in [0.15, 0.2) is 0 Å². The van der Waals surface area contributed by atoms with Crippen molar-refractivity contribution in [1.29, 1.82) is 0 Å². The van der Waals surface area contributed by atoms with E-state index in [9.17, 15) is 8.42 Å². The van der Waals surface area contributed by atoms with Gasteiger partial charge in [0.1, 0.15) is 0 Å². The molecule has 0 aliphatic heterocycles. The van der Waals surface area contributed by atoms with E-state index in [1.165, 1.54) is 5.56 Å². The van der Waals surface area contributed by atoms with Crippen molar-refractivity contribution in [2.24, 2.45) is 0 Å². The zero-order valence-electron chi connectivity index (χ0n) is 14.2. The summed E-state index contributed by atoms with van der Waals surface area (Å²) in [5, 5.41) is 3.90. The second-order valence-corrected chi connectivity index (χ2v) is 8.11. The Morgan fingerprint density at radius 2 is 1.77 bits per heavy atom. The van der Waals surface area contributed by atoms with Gasteiger partial charge >= 0.3 is 0 Å². The van der Waals surface area contributed by atoms with E-state index in [0.717, 1.165) is 36.8 Å². The second-order valence-electron chi connectivity index (χ2n) is 6.34. The number of hydrogen-bond donors (Lipinski definition) is 1. The lowest BCUT2D eigenvalue weighted by Crippen LogP contribution is -2.23. The van der Waals surface area contributed by atoms with Crippen molar-refractivity contribution in [3.63, 3.8) is 0 Å². The van der Waals surface area contributed by atoms with E-state index in [0.29, 0.717) is 5.82 Å². The Morgan fingerprint density at radius 1 is 1.00 bits per heavy atom. The van der Waals surface area contributed by atoms with Crippen LogP contribution in [-0.4, -0.2) is 18.6 Å². The van der Waals surface area contributed by atoms with E-state index >= 15 is 0 Å². The molecule has 1 aliphatic rings. The Bertz CT molecular complexity index is 1010. The van der Waals surface area contributed by atoms with Crippen LogP contribution in [0, 0.1) is 0 Å². The standard InChI is InChI=1S/C19H19N3O3S/c23-26(24,17-11-10-14-6-4-5-9-16(14)12-17)20-13-18-21-19(22-25-18)15-7-2-1-3-8-15/h1-3,7-8,10-12,20H,4-6,9,13H2. The van der Waals surface area contributed by atoms with Crippen LogP contribution in [-0.2, 0) is 29.4 Å². The zero-order valence-corrected chi connectivity index (χ0v) is 15.0. The van der Waals surface area contributed by atoms with Crippen LogP contribution in [0.4, 0.5) is 0 Å². The van der Waals surface area contributed by atoms with Gasteiger partial charge in [0, 0.05) is 5.56 Å². The number of benzene rings is 2. The van der Waals surface area contributed by atoms with E-state index in [2.05, 4.69) is 14.9 Å². The summed E-state index contributed by atoms with van der Waals surface area (Å²) in [5.41, 5.74) is 3.20. The average Bonchev–Trinajstić information content (AvgIpc) is 3.16. The molecule has 0 saturated carbocycles. The zero-order chi connectivity index (χ0) is 18.0. The van der Waals surface area contributed by atoms with Crippen LogP contribution < -0.4 is 4.72 Å². The van der Waals surface area contributed by atoms with Gasteiger partial charge < -0.3 is 4.52 Å². The van der Waals surface area contributed by atoms with Crippen molar-refractivity contribution >= 4 is 10.0 Å². The first-order valence-electron chi connectivity index (χ1n) is 8.61. The van der Waals surface area contributed by atoms with Crippen LogP contribution in [0.15, 0.2) is 57.9 Å². The van der Waals surface area contributed by atoms with Gasteiger partial charge in [0.05, 0.1) is 11.4 Å². The summed E-state index contributed by atoms with van der Waals surface area (Å²) < 4.78 is 32.8. The van der Waals surface area contributed by atoms with Crippen molar-refractivity contribution < 1.29 is 12.9 Å². The normalized spacial score (nSPS) is 14.2. The number of rotatable bonds is 5. The summed E-state index contributed by atoms with van der Waals surface area (Å²) in [6, 6.07) is 14.8. The molecular weight excluding hydrogens is 350 g/mol. The number of aryl methyl sites for hydroxylation is 2. The first kappa shape index (κ1) is 16.9. The first-order chi connectivity index (χ1) is 12.6. The van der Waals surface area contributed by atoms with Gasteiger partial charge in [0.25, 0.3) is 0 Å². The Balaban J connectivity index is 1.48. The summed E-state index contributed by atoms with van der Waals surface area (Å²) in [6.45, 7) is -0.0424. The highest BCUT2D eigenvalue weighted by molar-refractivity contribution is 7.89. The molecular formula is C19H19N3O3S. The van der Waals surface area contributed by atoms with E-state index in [1.54, 1.807) is 12.1 Å². The molecule has 0 spiro atoms. The molecule has 2 aromatic carbocycles. The van der Waals surface area contributed by atoms with Crippen molar-refractivity contribution in [3.05, 3.63) is 65.5 Å². The molecule has 1 heterocycles. The van der Waals surface area contributed by atoms with Gasteiger partial charge in [-0.25, -0.2) is 13.1 Å². The molecule has 1 N–H and O–H groups in total. The minimum Gasteiger partial charge on any atom is -0.338 e. The molecule has 0 unspecified atom stereocenters. The number of nitrogens with one attached hydrogen (secondary N) is 1. The predicted molar refractivity (Wildman–Crippen MR) is 96.8 cm³/mol. The number of sulfonamides is 1. The lowest BCUT2D eigenvalue weighted by atomic mass is 9.92. The molecule has 6 nitrogen and oxygen atoms in total. The van der Waals surface area contributed by atoms with E-state index in [-0.39, 0.29) is 17.3 Å². The quantitative estimate of drug-likeness (QED) is 0.747. The van der Waals surface area contributed by atoms with Crippen LogP contribution in [0.1, 0.15) is 29.9 Å². The third kappa shape index (κ3) is 3.54.